The molecule has 5 aromatic rings. The minimum absolute atomic E-state index is 0. The molecular formula is C35H35Cl2N5O6S. The summed E-state index contributed by atoms with van der Waals surface area (Å²) in [5.41, 5.74) is 2.84. The molecule has 0 saturated carbocycles. The molecule has 11 nitrogen and oxygen atoms in total. The van der Waals surface area contributed by atoms with E-state index in [4.69, 9.17) is 25.8 Å². The normalized spacial score (nSPS) is 13.6. The topological polar surface area (TPSA) is 118 Å². The van der Waals surface area contributed by atoms with E-state index in [0.29, 0.717) is 29.8 Å². The number of nitrogens with zero attached hydrogens (tertiary/aromatic N) is 3. The minimum Gasteiger partial charge on any atom is -0.484 e. The molecule has 2 N–H and O–H groups in total. The number of hydrogen-bond donors (Lipinski definition) is 2. The molecule has 2 aliphatic heterocycles. The quantitative estimate of drug-likeness (QED) is 0.173. The van der Waals surface area contributed by atoms with Crippen LogP contribution in [0, 0.1) is 0 Å². The van der Waals surface area contributed by atoms with Crippen LogP contribution < -0.4 is 19.5 Å². The van der Waals surface area contributed by atoms with Gasteiger partial charge in [-0.2, -0.15) is 0 Å². The van der Waals surface area contributed by atoms with Crippen LogP contribution in [-0.4, -0.2) is 78.5 Å². The minimum atomic E-state index is -0.548. The summed E-state index contributed by atoms with van der Waals surface area (Å²) in [7, 11) is 1.31. The monoisotopic (exact) mass is 723 g/mol. The van der Waals surface area contributed by atoms with E-state index in [2.05, 4.69) is 43.1 Å². The summed E-state index contributed by atoms with van der Waals surface area (Å²) in [5, 5.41) is 3.16. The number of H-pyrrole nitrogens is 1. The van der Waals surface area contributed by atoms with Crippen molar-refractivity contribution in [3.05, 3.63) is 102 Å². The molecule has 49 heavy (non-hydrogen) atoms. The second-order valence-corrected chi connectivity index (χ2v) is 12.5. The number of ether oxygens (including phenoxy) is 4. The van der Waals surface area contributed by atoms with Crippen molar-refractivity contribution in [3.63, 3.8) is 0 Å². The zero-order chi connectivity index (χ0) is 33.3. The van der Waals surface area contributed by atoms with Gasteiger partial charge in [0.15, 0.2) is 18.1 Å². The van der Waals surface area contributed by atoms with Crippen molar-refractivity contribution < 1.29 is 28.5 Å². The highest BCUT2D eigenvalue weighted by molar-refractivity contribution is 7.99. The maximum atomic E-state index is 12.4. The maximum Gasteiger partial charge on any atom is 0.413 e. The lowest BCUT2D eigenvalue weighted by molar-refractivity contribution is -0.135. The van der Waals surface area contributed by atoms with Crippen molar-refractivity contribution in [2.45, 2.75) is 16.3 Å². The van der Waals surface area contributed by atoms with Gasteiger partial charge in [0.05, 0.1) is 18.1 Å². The predicted molar refractivity (Wildman–Crippen MR) is 191 cm³/mol. The molecule has 7 rings (SSSR count). The Balaban J connectivity index is 0.000000193. The molecule has 0 aliphatic carbocycles. The number of amides is 2. The van der Waals surface area contributed by atoms with Gasteiger partial charge in [-0.05, 0) is 72.3 Å². The summed E-state index contributed by atoms with van der Waals surface area (Å²) in [4.78, 5) is 37.3. The number of halogens is 2. The third-order valence-electron chi connectivity index (χ3n) is 7.58. The van der Waals surface area contributed by atoms with Gasteiger partial charge in [0, 0.05) is 47.5 Å². The van der Waals surface area contributed by atoms with Crippen molar-refractivity contribution in [1.29, 1.82) is 0 Å². The number of carbonyl (C=O) groups excluding carboxylic acids is 2. The number of aromatic nitrogens is 2. The number of methoxy groups -OCH3 is 1. The first-order chi connectivity index (χ1) is 23.4. The fraction of sp³-hybridized carbons (Fsp3) is 0.229. The third-order valence-corrected chi connectivity index (χ3v) is 8.83. The van der Waals surface area contributed by atoms with E-state index < -0.39 is 6.09 Å². The second kappa shape index (κ2) is 17.2. The van der Waals surface area contributed by atoms with E-state index in [1.54, 1.807) is 36.0 Å². The number of nitrogens with one attached hydrogen (secondary N) is 2. The fourth-order valence-corrected chi connectivity index (χ4v) is 6.11. The third kappa shape index (κ3) is 9.96. The number of fused-ring (bicyclic) bond motifs is 2. The van der Waals surface area contributed by atoms with Crippen LogP contribution in [0.4, 0.5) is 10.7 Å². The molecule has 1 saturated heterocycles. The standard InChI is InChI=1S/C20H21ClN2O4.C15H13N3O2S.ClH/c21-16-2-4-17(5-3-16)25-13-20(24)23-9-7-22(8-10-23)12-15-1-6-18-19(11-15)27-14-26-18;1-20-15(19)18-14-16-12-8-7-11(9-13(12)17-14)21-10-5-3-2-4-6-10;/h1-6,11H,7-10,12-14H2;2-9H,1H3,(H2,16,17,18,19);1H. The van der Waals surface area contributed by atoms with E-state index in [-0.39, 0.29) is 31.7 Å². The first-order valence-electron chi connectivity index (χ1n) is 15.3. The Morgan fingerprint density at radius 1 is 0.918 bits per heavy atom. The summed E-state index contributed by atoms with van der Waals surface area (Å²) >= 11 is 7.52. The molecule has 1 aromatic heterocycles. The molecule has 4 aromatic carbocycles. The highest BCUT2D eigenvalue weighted by Crippen LogP contribution is 2.33. The molecular weight excluding hydrogens is 689 g/mol. The lowest BCUT2D eigenvalue weighted by Gasteiger charge is -2.34. The molecule has 0 radical (unpaired) electrons. The summed E-state index contributed by atoms with van der Waals surface area (Å²) in [6, 6.07) is 29.1. The molecule has 0 unspecified atom stereocenters. The van der Waals surface area contributed by atoms with Gasteiger partial charge in [0.25, 0.3) is 5.91 Å². The molecule has 0 spiro atoms. The van der Waals surface area contributed by atoms with E-state index >= 15 is 0 Å². The van der Waals surface area contributed by atoms with E-state index in [1.807, 2.05) is 53.4 Å². The highest BCUT2D eigenvalue weighted by atomic mass is 35.5. The zero-order valence-electron chi connectivity index (χ0n) is 26.6. The lowest BCUT2D eigenvalue weighted by atomic mass is 10.1. The van der Waals surface area contributed by atoms with Gasteiger partial charge >= 0.3 is 6.09 Å². The van der Waals surface area contributed by atoms with Crippen molar-refractivity contribution >= 4 is 64.8 Å². The number of imidazole rings is 1. The number of anilines is 1. The van der Waals surface area contributed by atoms with Crippen LogP contribution in [0.5, 0.6) is 17.2 Å². The van der Waals surface area contributed by atoms with Crippen LogP contribution in [0.2, 0.25) is 5.02 Å². The molecule has 2 aliphatic rings. The number of aromatic amines is 1. The van der Waals surface area contributed by atoms with E-state index in [0.717, 1.165) is 47.1 Å². The van der Waals surface area contributed by atoms with Crippen molar-refractivity contribution in [2.75, 3.05) is 52.0 Å². The Morgan fingerprint density at radius 3 is 2.43 bits per heavy atom. The predicted octanol–water partition coefficient (Wildman–Crippen LogP) is 7.11. The first-order valence-corrected chi connectivity index (χ1v) is 16.5. The Kier molecular flexibility index (Phi) is 12.5. The first kappa shape index (κ1) is 35.7. The van der Waals surface area contributed by atoms with Gasteiger partial charge in [0.1, 0.15) is 5.75 Å². The molecule has 14 heteroatoms. The fourth-order valence-electron chi connectivity index (χ4n) is 5.10. The van der Waals surface area contributed by atoms with Gasteiger partial charge in [0.2, 0.25) is 12.7 Å². The number of piperazine rings is 1. The summed E-state index contributed by atoms with van der Waals surface area (Å²) in [6.07, 6.45) is -0.548. The summed E-state index contributed by atoms with van der Waals surface area (Å²) in [5.74, 6) is 2.64. The Morgan fingerprint density at radius 2 is 1.67 bits per heavy atom. The van der Waals surface area contributed by atoms with Crippen LogP contribution in [0.25, 0.3) is 11.0 Å². The van der Waals surface area contributed by atoms with Gasteiger partial charge in [-0.3, -0.25) is 15.0 Å². The van der Waals surface area contributed by atoms with Crippen LogP contribution in [0.1, 0.15) is 5.56 Å². The average molecular weight is 725 g/mol. The molecule has 256 valence electrons. The van der Waals surface area contributed by atoms with Crippen LogP contribution in [-0.2, 0) is 16.1 Å². The number of rotatable bonds is 8. The number of hydrogen-bond acceptors (Lipinski definition) is 9. The summed E-state index contributed by atoms with van der Waals surface area (Å²) in [6.45, 7) is 4.24. The van der Waals surface area contributed by atoms with Crippen molar-refractivity contribution in [3.8, 4) is 17.2 Å². The molecule has 0 bridgehead atoms. The van der Waals surface area contributed by atoms with Gasteiger partial charge < -0.3 is 28.8 Å². The van der Waals surface area contributed by atoms with Gasteiger partial charge in [-0.25, -0.2) is 9.78 Å². The SMILES string of the molecule is COC(=O)Nc1nc2ccc(Sc3ccccc3)cc2[nH]1.Cl.O=C(COc1ccc(Cl)cc1)N1CCN(Cc2ccc3c(c2)OCO3)CC1. The molecule has 3 heterocycles. The van der Waals surface area contributed by atoms with Gasteiger partial charge in [-0.15, -0.1) is 12.4 Å². The van der Waals surface area contributed by atoms with Gasteiger partial charge in [-0.1, -0.05) is 47.6 Å². The average Bonchev–Trinajstić information content (AvgIpc) is 3.75. The highest BCUT2D eigenvalue weighted by Gasteiger charge is 2.22. The number of benzene rings is 4. The molecule has 1 fully saturated rings. The van der Waals surface area contributed by atoms with E-state index in [9.17, 15) is 9.59 Å². The molecule has 2 amide bonds. The Hall–Kier alpha value is -4.62. The van der Waals surface area contributed by atoms with Crippen molar-refractivity contribution in [1.82, 2.24) is 19.8 Å². The van der Waals surface area contributed by atoms with Crippen LogP contribution >= 0.6 is 35.8 Å². The van der Waals surface area contributed by atoms with Crippen LogP contribution in [0.15, 0.2) is 101 Å². The Bertz CT molecular complexity index is 1850. The smallest absolute Gasteiger partial charge is 0.413 e. The lowest BCUT2D eigenvalue weighted by Crippen LogP contribution is -2.49. The largest absolute Gasteiger partial charge is 0.484 e. The Labute approximate surface area is 299 Å². The zero-order valence-corrected chi connectivity index (χ0v) is 29.0. The van der Waals surface area contributed by atoms with Crippen molar-refractivity contribution in [2.24, 2.45) is 0 Å². The van der Waals surface area contributed by atoms with E-state index in [1.165, 1.54) is 17.6 Å². The van der Waals surface area contributed by atoms with Crippen LogP contribution in [0.3, 0.4) is 0 Å². The second-order valence-electron chi connectivity index (χ2n) is 10.9. The number of carbonyl (C=O) groups is 2. The molecule has 0 atom stereocenters. The maximum absolute atomic E-state index is 12.4. The summed E-state index contributed by atoms with van der Waals surface area (Å²) < 4.78 is 20.9.